The molecule has 4 N–H and O–H groups in total. The van der Waals surface area contributed by atoms with E-state index in [1.54, 1.807) is 11.8 Å². The maximum Gasteiger partial charge on any atom is 0.243 e. The Morgan fingerprint density at radius 1 is 0.932 bits per heavy atom. The average Bonchev–Trinajstić information content (AvgIpc) is 3.40. The van der Waals surface area contributed by atoms with E-state index >= 15 is 0 Å². The number of nitrogens with one attached hydrogen (secondary N) is 3. The highest BCUT2D eigenvalue weighted by Gasteiger charge is 2.41. The molecular formula is C34H53N5O5. The fourth-order valence-electron chi connectivity index (χ4n) is 6.69. The SMILES string of the molecule is CCCCCCCC[C@@H]1NC(=O)[C@H]2CCCCN2C(O)[C@H](C(C)CC)NC(=O)[C@H](Cc2cn(OC)c3ccccc23)NC1=O. The lowest BCUT2D eigenvalue weighted by Gasteiger charge is -2.43. The Bertz CT molecular complexity index is 1250. The van der Waals surface area contributed by atoms with Gasteiger partial charge in [-0.05, 0) is 36.8 Å². The zero-order valence-electron chi connectivity index (χ0n) is 27.0. The highest BCUT2D eigenvalue weighted by Crippen LogP contribution is 2.26. The van der Waals surface area contributed by atoms with Crippen LogP contribution in [0.2, 0.25) is 0 Å². The number of hydrogen-bond donors (Lipinski definition) is 4. The molecule has 0 saturated carbocycles. The highest BCUT2D eigenvalue weighted by atomic mass is 16.6. The fraction of sp³-hybridized carbons (Fsp3) is 0.676. The van der Waals surface area contributed by atoms with Crippen molar-refractivity contribution < 1.29 is 24.3 Å². The number of aliphatic hydroxyl groups is 1. The molecule has 1 aromatic heterocycles. The van der Waals surface area contributed by atoms with E-state index in [1.807, 2.05) is 49.2 Å². The minimum atomic E-state index is -1.03. The molecule has 6 atom stereocenters. The number of nitrogens with zero attached hydrogens (tertiary/aromatic N) is 2. The molecule has 3 heterocycles. The van der Waals surface area contributed by atoms with E-state index in [9.17, 15) is 19.5 Å². The number of unbranched alkanes of at least 4 members (excludes halogenated alkanes) is 5. The van der Waals surface area contributed by atoms with Crippen LogP contribution in [0.5, 0.6) is 0 Å². The van der Waals surface area contributed by atoms with E-state index in [1.165, 1.54) is 6.42 Å². The number of rotatable bonds is 12. The van der Waals surface area contributed by atoms with Gasteiger partial charge in [0.1, 0.15) is 25.4 Å². The van der Waals surface area contributed by atoms with Crippen molar-refractivity contribution in [2.24, 2.45) is 5.92 Å². The van der Waals surface area contributed by atoms with Gasteiger partial charge in [-0.1, -0.05) is 90.3 Å². The summed E-state index contributed by atoms with van der Waals surface area (Å²) < 4.78 is 1.66. The molecule has 2 fully saturated rings. The van der Waals surface area contributed by atoms with Crippen LogP contribution in [0, 0.1) is 5.92 Å². The normalized spacial score (nSPS) is 26.1. The first kappa shape index (κ1) is 33.8. The molecule has 2 aromatic rings. The molecular weight excluding hydrogens is 558 g/mol. The number of hydrogen-bond acceptors (Lipinski definition) is 6. The zero-order valence-corrected chi connectivity index (χ0v) is 27.0. The number of amides is 3. The molecule has 1 aromatic carbocycles. The maximum atomic E-state index is 14.1. The number of fused-ring (bicyclic) bond motifs is 2. The van der Waals surface area contributed by atoms with Crippen LogP contribution in [0.1, 0.15) is 97.0 Å². The topological polar surface area (TPSA) is 125 Å². The number of carbonyl (C=O) groups is 3. The van der Waals surface area contributed by atoms with Gasteiger partial charge in [-0.25, -0.2) is 0 Å². The van der Waals surface area contributed by atoms with Crippen LogP contribution in [0.25, 0.3) is 10.9 Å². The van der Waals surface area contributed by atoms with Crippen molar-refractivity contribution in [3.63, 3.8) is 0 Å². The number of aliphatic hydroxyl groups excluding tert-OH is 1. The van der Waals surface area contributed by atoms with Crippen LogP contribution in [0.3, 0.4) is 0 Å². The first-order valence-corrected chi connectivity index (χ1v) is 16.8. The molecule has 2 saturated heterocycles. The van der Waals surface area contributed by atoms with Crippen LogP contribution in [-0.2, 0) is 20.8 Å². The standard InChI is InChI=1S/C34H53N5O5/c1-5-7-8-9-10-11-17-26-31(40)36-27(21-24-22-39(44-4)28-18-13-12-16-25(24)28)32(41)37-30(23(3)6-2)34(43)38-20-15-14-19-29(38)33(42)35-26/h12-13,16,18,22-23,26-27,29-30,34,43H,5-11,14-15,17,19-21H2,1-4H3,(H,35,42)(H,36,40)(H,37,41)/t23?,26-,27-,29+,30-,34?/m0/s1. The lowest BCUT2D eigenvalue weighted by molar-refractivity contribution is -0.144. The second-order valence-corrected chi connectivity index (χ2v) is 12.6. The summed E-state index contributed by atoms with van der Waals surface area (Å²) in [5.41, 5.74) is 1.71. The Balaban J connectivity index is 1.66. The molecule has 0 radical (unpaired) electrons. The molecule has 0 spiro atoms. The summed E-state index contributed by atoms with van der Waals surface area (Å²) in [7, 11) is 1.59. The molecule has 0 bridgehead atoms. The monoisotopic (exact) mass is 611 g/mol. The van der Waals surface area contributed by atoms with Crippen LogP contribution in [-0.4, -0.2) is 76.5 Å². The molecule has 10 nitrogen and oxygen atoms in total. The summed E-state index contributed by atoms with van der Waals surface area (Å²) in [4.78, 5) is 49.1. The Kier molecular flexibility index (Phi) is 12.5. The molecule has 4 rings (SSSR count). The third-order valence-corrected chi connectivity index (χ3v) is 9.57. The quantitative estimate of drug-likeness (QED) is 0.272. The fourth-order valence-corrected chi connectivity index (χ4v) is 6.69. The van der Waals surface area contributed by atoms with E-state index in [0.29, 0.717) is 19.4 Å². The first-order valence-electron chi connectivity index (χ1n) is 16.8. The van der Waals surface area contributed by atoms with Gasteiger partial charge in [0.15, 0.2) is 0 Å². The number of benzene rings is 1. The van der Waals surface area contributed by atoms with E-state index in [0.717, 1.165) is 67.8 Å². The summed E-state index contributed by atoms with van der Waals surface area (Å²) in [5, 5.41) is 21.8. The molecule has 10 heteroatoms. The smallest absolute Gasteiger partial charge is 0.243 e. The second kappa shape index (κ2) is 16.3. The summed E-state index contributed by atoms with van der Waals surface area (Å²) in [6.45, 7) is 6.75. The van der Waals surface area contributed by atoms with Crippen LogP contribution < -0.4 is 20.8 Å². The summed E-state index contributed by atoms with van der Waals surface area (Å²) in [5.74, 6) is -0.999. The first-order chi connectivity index (χ1) is 21.3. The number of piperidine rings is 1. The number of aromatic nitrogens is 1. The third-order valence-electron chi connectivity index (χ3n) is 9.57. The minimum Gasteiger partial charge on any atom is -0.417 e. The Morgan fingerprint density at radius 2 is 1.64 bits per heavy atom. The predicted molar refractivity (Wildman–Crippen MR) is 172 cm³/mol. The molecule has 44 heavy (non-hydrogen) atoms. The second-order valence-electron chi connectivity index (χ2n) is 12.6. The van der Waals surface area contributed by atoms with E-state index in [2.05, 4.69) is 22.9 Å². The molecule has 3 amide bonds. The average molecular weight is 612 g/mol. The molecule has 244 valence electrons. The molecule has 2 unspecified atom stereocenters. The molecule has 0 aliphatic carbocycles. The van der Waals surface area contributed by atoms with Gasteiger partial charge in [0.25, 0.3) is 0 Å². The summed E-state index contributed by atoms with van der Waals surface area (Å²) in [6, 6.07) is 4.91. The van der Waals surface area contributed by atoms with Crippen molar-refractivity contribution >= 4 is 28.6 Å². The Morgan fingerprint density at radius 3 is 2.39 bits per heavy atom. The van der Waals surface area contributed by atoms with Crippen LogP contribution in [0.4, 0.5) is 0 Å². The van der Waals surface area contributed by atoms with Crippen molar-refractivity contribution in [3.05, 3.63) is 36.0 Å². The summed E-state index contributed by atoms with van der Waals surface area (Å²) in [6.07, 6.45) is 10.9. The molecule has 2 aliphatic heterocycles. The minimum absolute atomic E-state index is 0.0604. The number of para-hydroxylation sites is 1. The van der Waals surface area contributed by atoms with Crippen LogP contribution in [0.15, 0.2) is 30.5 Å². The molecule has 2 aliphatic rings. The van der Waals surface area contributed by atoms with Gasteiger partial charge in [0.2, 0.25) is 17.7 Å². The van der Waals surface area contributed by atoms with Crippen LogP contribution >= 0.6 is 0 Å². The third kappa shape index (κ3) is 8.13. The van der Waals surface area contributed by atoms with Crippen molar-refractivity contribution in [3.8, 4) is 0 Å². The van der Waals surface area contributed by atoms with Crippen molar-refractivity contribution in [2.45, 2.75) is 128 Å². The van der Waals surface area contributed by atoms with Gasteiger partial charge in [0.05, 0.1) is 17.6 Å². The zero-order chi connectivity index (χ0) is 31.6. The van der Waals surface area contributed by atoms with Crippen molar-refractivity contribution in [2.75, 3.05) is 13.7 Å². The van der Waals surface area contributed by atoms with Crippen molar-refractivity contribution in [1.29, 1.82) is 0 Å². The lowest BCUT2D eigenvalue weighted by Crippen LogP contribution is -2.65. The largest absolute Gasteiger partial charge is 0.417 e. The van der Waals surface area contributed by atoms with Gasteiger partial charge >= 0.3 is 0 Å². The maximum absolute atomic E-state index is 14.1. The van der Waals surface area contributed by atoms with E-state index in [-0.39, 0.29) is 30.1 Å². The van der Waals surface area contributed by atoms with E-state index in [4.69, 9.17) is 4.84 Å². The van der Waals surface area contributed by atoms with E-state index < -0.39 is 30.4 Å². The van der Waals surface area contributed by atoms with Gasteiger partial charge in [-0.15, -0.1) is 0 Å². The van der Waals surface area contributed by atoms with Gasteiger partial charge in [-0.3, -0.25) is 19.3 Å². The van der Waals surface area contributed by atoms with Crippen molar-refractivity contribution in [1.82, 2.24) is 25.6 Å². The predicted octanol–water partition coefficient (Wildman–Crippen LogP) is 3.68. The lowest BCUT2D eigenvalue weighted by atomic mass is 9.92. The Hall–Kier alpha value is -3.11. The van der Waals surface area contributed by atoms with Gasteiger partial charge in [0, 0.05) is 24.5 Å². The van der Waals surface area contributed by atoms with Gasteiger partial charge < -0.3 is 25.9 Å². The van der Waals surface area contributed by atoms with Gasteiger partial charge in [-0.2, -0.15) is 4.73 Å². The highest BCUT2D eigenvalue weighted by molar-refractivity contribution is 5.94. The number of carbonyl (C=O) groups excluding carboxylic acids is 3. The Labute approximate surface area is 262 Å². The summed E-state index contributed by atoms with van der Waals surface area (Å²) >= 11 is 0.